The topological polar surface area (TPSA) is 58.2 Å². The Labute approximate surface area is 93.1 Å². The molecule has 1 saturated carbocycles. The zero-order valence-electron chi connectivity index (χ0n) is 7.61. The van der Waals surface area contributed by atoms with Gasteiger partial charge in [-0.1, -0.05) is 6.08 Å². The van der Waals surface area contributed by atoms with Crippen molar-refractivity contribution in [1.29, 1.82) is 0 Å². The fraction of sp³-hybridized carbons (Fsp3) is 0. The molecule has 75 valence electrons. The van der Waals surface area contributed by atoms with Crippen LogP contribution in [0.1, 0.15) is 0 Å². The summed E-state index contributed by atoms with van der Waals surface area (Å²) in [4.78, 5) is 22.8. The molecular weight excluding hydrogens is 212 g/mol. The highest BCUT2D eigenvalue weighted by atomic mass is 32.1. The average molecular weight is 219 g/mol. The lowest BCUT2D eigenvalue weighted by atomic mass is 10.0. The summed E-state index contributed by atoms with van der Waals surface area (Å²) in [7, 11) is 0. The van der Waals surface area contributed by atoms with E-state index in [9.17, 15) is 9.59 Å². The average Bonchev–Trinajstić information content (AvgIpc) is 2.63. The van der Waals surface area contributed by atoms with Crippen LogP contribution in [0.3, 0.4) is 0 Å². The van der Waals surface area contributed by atoms with E-state index in [-0.39, 0.29) is 10.7 Å². The van der Waals surface area contributed by atoms with E-state index in [1.54, 1.807) is 12.8 Å². The maximum absolute atomic E-state index is 11.4. The molecule has 2 rings (SSSR count). The van der Waals surface area contributed by atoms with E-state index < -0.39 is 11.8 Å². The Balaban J connectivity index is 2.15. The Morgan fingerprint density at radius 3 is 2.13 bits per heavy atom. The third-order valence-electron chi connectivity index (χ3n) is 1.94. The Morgan fingerprint density at radius 2 is 1.60 bits per heavy atom. The van der Waals surface area contributed by atoms with E-state index in [0.29, 0.717) is 0 Å². The summed E-state index contributed by atoms with van der Waals surface area (Å²) in [5.41, 5.74) is 0.0646. The molecule has 2 fully saturated rings. The maximum Gasteiger partial charge on any atom is 0.262 e. The van der Waals surface area contributed by atoms with Crippen molar-refractivity contribution in [3.63, 3.8) is 0 Å². The SMILES string of the molecule is O=C1NC(=S)NC(=O)C1=C[C]1[CH][CH][CH][CH]1. The molecule has 0 aromatic rings. The third kappa shape index (κ3) is 2.23. The van der Waals surface area contributed by atoms with Crippen LogP contribution in [0.2, 0.25) is 0 Å². The summed E-state index contributed by atoms with van der Waals surface area (Å²) in [5.74, 6) is -0.127. The summed E-state index contributed by atoms with van der Waals surface area (Å²) >= 11 is 4.67. The smallest absolute Gasteiger partial charge is 0.262 e. The van der Waals surface area contributed by atoms with Crippen LogP contribution in [0.25, 0.3) is 0 Å². The van der Waals surface area contributed by atoms with Gasteiger partial charge in [0.15, 0.2) is 5.11 Å². The molecule has 2 aliphatic rings. The first-order valence-electron chi connectivity index (χ1n) is 4.27. The molecule has 0 atom stereocenters. The molecule has 0 aromatic heterocycles. The molecule has 1 aliphatic carbocycles. The highest BCUT2D eigenvalue weighted by Crippen LogP contribution is 2.25. The van der Waals surface area contributed by atoms with Gasteiger partial charge in [-0.25, -0.2) is 0 Å². The number of carbonyl (C=O) groups excluding carboxylic acids is 2. The maximum atomic E-state index is 11.4. The van der Waals surface area contributed by atoms with Gasteiger partial charge in [0.1, 0.15) is 5.57 Å². The van der Waals surface area contributed by atoms with Crippen molar-refractivity contribution < 1.29 is 9.59 Å². The predicted octanol–water partition coefficient (Wildman–Crippen LogP) is -0.151. The van der Waals surface area contributed by atoms with Crippen LogP contribution in [0.5, 0.6) is 0 Å². The van der Waals surface area contributed by atoms with Gasteiger partial charge in [0, 0.05) is 5.92 Å². The van der Waals surface area contributed by atoms with Gasteiger partial charge in [0.2, 0.25) is 0 Å². The largest absolute Gasteiger partial charge is 0.299 e. The molecule has 0 aromatic carbocycles. The molecule has 15 heavy (non-hydrogen) atoms. The highest BCUT2D eigenvalue weighted by Gasteiger charge is 2.27. The zero-order valence-corrected chi connectivity index (χ0v) is 8.43. The molecule has 1 saturated heterocycles. The lowest BCUT2D eigenvalue weighted by molar-refractivity contribution is -0.123. The minimum atomic E-state index is -0.468. The second kappa shape index (κ2) is 4.10. The van der Waals surface area contributed by atoms with Crippen LogP contribution in [0.4, 0.5) is 0 Å². The molecule has 0 spiro atoms. The van der Waals surface area contributed by atoms with Crippen molar-refractivity contribution in [3.05, 3.63) is 43.3 Å². The summed E-state index contributed by atoms with van der Waals surface area (Å²) < 4.78 is 0. The van der Waals surface area contributed by atoms with Crippen LogP contribution in [-0.4, -0.2) is 16.9 Å². The number of nitrogens with one attached hydrogen (secondary N) is 2. The first kappa shape index (κ1) is 10.3. The van der Waals surface area contributed by atoms with Crippen molar-refractivity contribution in [1.82, 2.24) is 10.6 Å². The molecule has 1 aliphatic heterocycles. The predicted molar refractivity (Wildman–Crippen MR) is 57.4 cm³/mol. The number of hydrogen-bond acceptors (Lipinski definition) is 3. The lowest BCUT2D eigenvalue weighted by Gasteiger charge is -2.17. The van der Waals surface area contributed by atoms with Crippen LogP contribution in [-0.2, 0) is 9.59 Å². The van der Waals surface area contributed by atoms with Gasteiger partial charge >= 0.3 is 0 Å². The Morgan fingerprint density at radius 1 is 1.07 bits per heavy atom. The number of allylic oxidation sites excluding steroid dienone is 1. The molecule has 2 amide bonds. The first-order chi connectivity index (χ1) is 7.16. The van der Waals surface area contributed by atoms with Crippen LogP contribution in [0, 0.1) is 31.6 Å². The molecule has 0 bridgehead atoms. The fourth-order valence-electron chi connectivity index (χ4n) is 1.26. The lowest BCUT2D eigenvalue weighted by Crippen LogP contribution is -2.51. The van der Waals surface area contributed by atoms with E-state index >= 15 is 0 Å². The number of hydrogen-bond donors (Lipinski definition) is 2. The van der Waals surface area contributed by atoms with Crippen molar-refractivity contribution >= 4 is 29.1 Å². The molecule has 4 nitrogen and oxygen atoms in total. The normalized spacial score (nSPS) is 22.7. The van der Waals surface area contributed by atoms with Crippen molar-refractivity contribution in [2.24, 2.45) is 0 Å². The Kier molecular flexibility index (Phi) is 2.81. The van der Waals surface area contributed by atoms with Gasteiger partial charge in [0.05, 0.1) is 0 Å². The molecule has 5 radical (unpaired) electrons. The van der Waals surface area contributed by atoms with Gasteiger partial charge in [-0.05, 0) is 37.9 Å². The van der Waals surface area contributed by atoms with E-state index in [1.165, 1.54) is 6.08 Å². The fourth-order valence-corrected chi connectivity index (χ4v) is 1.44. The summed E-state index contributed by atoms with van der Waals surface area (Å²) in [6.45, 7) is 0. The number of thiocarbonyl (C=S) groups is 1. The third-order valence-corrected chi connectivity index (χ3v) is 2.15. The molecule has 1 heterocycles. The van der Waals surface area contributed by atoms with Crippen molar-refractivity contribution in [3.8, 4) is 0 Å². The number of carbonyl (C=O) groups is 2. The minimum absolute atomic E-state index is 0.0460. The van der Waals surface area contributed by atoms with Gasteiger partial charge in [0.25, 0.3) is 11.8 Å². The Hall–Kier alpha value is -1.23. The minimum Gasteiger partial charge on any atom is -0.299 e. The first-order valence-corrected chi connectivity index (χ1v) is 4.68. The highest BCUT2D eigenvalue weighted by molar-refractivity contribution is 7.80. The second-order valence-electron chi connectivity index (χ2n) is 3.01. The number of amides is 2. The quantitative estimate of drug-likeness (QED) is 0.366. The monoisotopic (exact) mass is 219 g/mol. The molecule has 0 unspecified atom stereocenters. The summed E-state index contributed by atoms with van der Waals surface area (Å²) in [5, 5.41) is 4.77. The van der Waals surface area contributed by atoms with E-state index in [4.69, 9.17) is 0 Å². The van der Waals surface area contributed by atoms with Crippen LogP contribution in [0.15, 0.2) is 11.6 Å². The van der Waals surface area contributed by atoms with Crippen molar-refractivity contribution in [2.75, 3.05) is 0 Å². The Bertz CT molecular complexity index is 334. The summed E-state index contributed by atoms with van der Waals surface area (Å²) in [6, 6.07) is 0. The molecular formula is C10H7N2O2S. The molecule has 5 heteroatoms. The summed E-state index contributed by atoms with van der Waals surface area (Å²) in [6.07, 6.45) is 8.79. The van der Waals surface area contributed by atoms with Gasteiger partial charge in [-0.2, -0.15) is 0 Å². The standard InChI is InChI=1S/C10H7N2O2S/c13-8-7(5-6-3-1-2-4-6)9(14)12-10(15)11-8/h1-5H,(H2,11,12,13,14,15). The van der Waals surface area contributed by atoms with Crippen LogP contribution < -0.4 is 10.6 Å². The van der Waals surface area contributed by atoms with Gasteiger partial charge in [-0.3, -0.25) is 20.2 Å². The van der Waals surface area contributed by atoms with E-state index in [1.807, 2.05) is 12.8 Å². The van der Waals surface area contributed by atoms with E-state index in [0.717, 1.165) is 5.92 Å². The van der Waals surface area contributed by atoms with E-state index in [2.05, 4.69) is 22.9 Å². The van der Waals surface area contributed by atoms with Crippen molar-refractivity contribution in [2.45, 2.75) is 0 Å². The second-order valence-corrected chi connectivity index (χ2v) is 3.42. The van der Waals surface area contributed by atoms with Gasteiger partial charge < -0.3 is 0 Å². The number of rotatable bonds is 1. The zero-order chi connectivity index (χ0) is 10.8. The molecule has 2 N–H and O–H groups in total. The van der Waals surface area contributed by atoms with Crippen LogP contribution >= 0.6 is 12.2 Å². The van der Waals surface area contributed by atoms with Gasteiger partial charge in [-0.15, -0.1) is 0 Å².